The van der Waals surface area contributed by atoms with Crippen molar-refractivity contribution in [3.05, 3.63) is 59.7 Å². The molecule has 3 N–H and O–H groups in total. The Balaban J connectivity index is 2.10. The Morgan fingerprint density at radius 2 is 1.64 bits per heavy atom. The molecule has 2 aromatic carbocycles. The standard InChI is InChI=1S/C19H23N3O5S/c1-13(2)12-27-19(24)21-20-18(23)16-6-4-5-7-17(16)22-28(25,26)15-10-8-14(3)9-11-15/h4-11,13,22H,12H2,1-3H3,(H,20,23)(H,21,24). The van der Waals surface area contributed by atoms with Crippen molar-refractivity contribution in [2.24, 2.45) is 5.92 Å². The number of aryl methyl sites for hydroxylation is 1. The van der Waals surface area contributed by atoms with Crippen LogP contribution in [0.3, 0.4) is 0 Å². The average Bonchev–Trinajstić information content (AvgIpc) is 2.65. The number of anilines is 1. The molecule has 150 valence electrons. The van der Waals surface area contributed by atoms with E-state index in [0.29, 0.717) is 0 Å². The van der Waals surface area contributed by atoms with E-state index in [9.17, 15) is 18.0 Å². The summed E-state index contributed by atoms with van der Waals surface area (Å²) in [6.07, 6.45) is -0.806. The molecule has 0 unspecified atom stereocenters. The first-order chi connectivity index (χ1) is 13.2. The second-order valence-electron chi connectivity index (χ2n) is 6.54. The summed E-state index contributed by atoms with van der Waals surface area (Å²) in [7, 11) is -3.88. The third-order valence-electron chi connectivity index (χ3n) is 3.57. The molecule has 2 amide bonds. The molecular weight excluding hydrogens is 382 g/mol. The molecule has 0 saturated carbocycles. The first-order valence-electron chi connectivity index (χ1n) is 8.60. The lowest BCUT2D eigenvalue weighted by molar-refractivity contribution is 0.0902. The number of sulfonamides is 1. The number of rotatable bonds is 6. The third-order valence-corrected chi connectivity index (χ3v) is 4.95. The predicted molar refractivity (Wildman–Crippen MR) is 105 cm³/mol. The van der Waals surface area contributed by atoms with E-state index in [4.69, 9.17) is 4.74 Å². The number of para-hydroxylation sites is 1. The lowest BCUT2D eigenvalue weighted by atomic mass is 10.2. The lowest BCUT2D eigenvalue weighted by Crippen LogP contribution is -2.42. The zero-order chi connectivity index (χ0) is 20.7. The minimum absolute atomic E-state index is 0.0438. The monoisotopic (exact) mass is 405 g/mol. The summed E-state index contributed by atoms with van der Waals surface area (Å²) in [6.45, 7) is 5.81. The van der Waals surface area contributed by atoms with Crippen LogP contribution in [0.5, 0.6) is 0 Å². The fraction of sp³-hybridized carbons (Fsp3) is 0.263. The summed E-state index contributed by atoms with van der Waals surface area (Å²) in [5.74, 6) is -0.540. The van der Waals surface area contributed by atoms with Gasteiger partial charge in [-0.25, -0.2) is 18.6 Å². The first-order valence-corrected chi connectivity index (χ1v) is 10.1. The molecule has 0 aliphatic heterocycles. The minimum atomic E-state index is -3.88. The van der Waals surface area contributed by atoms with Gasteiger partial charge in [-0.05, 0) is 37.1 Å². The van der Waals surface area contributed by atoms with Gasteiger partial charge in [0.15, 0.2) is 0 Å². The highest BCUT2D eigenvalue weighted by atomic mass is 32.2. The molecule has 2 rings (SSSR count). The topological polar surface area (TPSA) is 114 Å². The van der Waals surface area contributed by atoms with Crippen LogP contribution >= 0.6 is 0 Å². The van der Waals surface area contributed by atoms with Crippen molar-refractivity contribution in [1.29, 1.82) is 0 Å². The van der Waals surface area contributed by atoms with Gasteiger partial charge in [-0.2, -0.15) is 0 Å². The maximum atomic E-state index is 12.6. The van der Waals surface area contributed by atoms with E-state index in [0.717, 1.165) is 5.56 Å². The van der Waals surface area contributed by atoms with Gasteiger partial charge in [-0.1, -0.05) is 43.7 Å². The van der Waals surface area contributed by atoms with Gasteiger partial charge in [-0.15, -0.1) is 0 Å². The molecule has 0 saturated heterocycles. The number of benzene rings is 2. The molecule has 0 aliphatic rings. The number of hydrogen-bond acceptors (Lipinski definition) is 5. The lowest BCUT2D eigenvalue weighted by Gasteiger charge is -2.13. The van der Waals surface area contributed by atoms with E-state index in [1.54, 1.807) is 24.3 Å². The van der Waals surface area contributed by atoms with Crippen molar-refractivity contribution >= 4 is 27.7 Å². The van der Waals surface area contributed by atoms with Crippen LogP contribution in [0, 0.1) is 12.8 Å². The van der Waals surface area contributed by atoms with Crippen LogP contribution in [0.25, 0.3) is 0 Å². The molecule has 0 fully saturated rings. The third kappa shape index (κ3) is 5.98. The molecule has 0 aromatic heterocycles. The predicted octanol–water partition coefficient (Wildman–Crippen LogP) is 2.82. The number of carbonyl (C=O) groups is 2. The highest BCUT2D eigenvalue weighted by molar-refractivity contribution is 7.92. The molecule has 9 heteroatoms. The number of nitrogens with one attached hydrogen (secondary N) is 3. The summed E-state index contributed by atoms with van der Waals surface area (Å²) in [5.41, 5.74) is 5.37. The molecule has 0 radical (unpaired) electrons. The van der Waals surface area contributed by atoms with Crippen LogP contribution in [0.15, 0.2) is 53.4 Å². The van der Waals surface area contributed by atoms with E-state index >= 15 is 0 Å². The van der Waals surface area contributed by atoms with Gasteiger partial charge < -0.3 is 4.74 Å². The number of hydrazine groups is 1. The maximum Gasteiger partial charge on any atom is 0.426 e. The van der Waals surface area contributed by atoms with Gasteiger partial charge in [-0.3, -0.25) is 14.9 Å². The Morgan fingerprint density at radius 3 is 2.29 bits per heavy atom. The number of carbonyl (C=O) groups excluding carboxylic acids is 2. The van der Waals surface area contributed by atoms with Gasteiger partial charge in [0.05, 0.1) is 22.8 Å². The smallest absolute Gasteiger partial charge is 0.426 e. The molecule has 0 spiro atoms. The van der Waals surface area contributed by atoms with Gasteiger partial charge in [0.2, 0.25) is 0 Å². The largest absolute Gasteiger partial charge is 0.448 e. The van der Waals surface area contributed by atoms with Gasteiger partial charge >= 0.3 is 6.09 Å². The Bertz CT molecular complexity index is 940. The SMILES string of the molecule is Cc1ccc(S(=O)(=O)Nc2ccccc2C(=O)NNC(=O)OCC(C)C)cc1. The Kier molecular flexibility index (Phi) is 7.00. The van der Waals surface area contributed by atoms with E-state index in [1.165, 1.54) is 24.3 Å². The molecule has 0 aliphatic carbocycles. The summed E-state index contributed by atoms with van der Waals surface area (Å²) >= 11 is 0. The highest BCUT2D eigenvalue weighted by Crippen LogP contribution is 2.20. The Hall–Kier alpha value is -3.07. The van der Waals surface area contributed by atoms with E-state index in [2.05, 4.69) is 15.6 Å². The first kappa shape index (κ1) is 21.2. The van der Waals surface area contributed by atoms with Crippen LogP contribution in [0.2, 0.25) is 0 Å². The molecule has 28 heavy (non-hydrogen) atoms. The summed E-state index contributed by atoms with van der Waals surface area (Å²) in [4.78, 5) is 24.0. The van der Waals surface area contributed by atoms with Crippen molar-refractivity contribution in [3.8, 4) is 0 Å². The molecule has 0 bridgehead atoms. The molecule has 8 nitrogen and oxygen atoms in total. The van der Waals surface area contributed by atoms with E-state index in [1.807, 2.05) is 20.8 Å². The summed E-state index contributed by atoms with van der Waals surface area (Å²) in [6, 6.07) is 12.4. The van der Waals surface area contributed by atoms with Crippen molar-refractivity contribution in [1.82, 2.24) is 10.9 Å². The second-order valence-corrected chi connectivity index (χ2v) is 8.22. The quantitative estimate of drug-likeness (QED) is 0.640. The van der Waals surface area contributed by atoms with Crippen LogP contribution in [0.1, 0.15) is 29.8 Å². The highest BCUT2D eigenvalue weighted by Gasteiger charge is 2.19. The van der Waals surface area contributed by atoms with E-state index in [-0.39, 0.29) is 28.7 Å². The summed E-state index contributed by atoms with van der Waals surface area (Å²) in [5, 5.41) is 0. The Morgan fingerprint density at radius 1 is 1.00 bits per heavy atom. The second kappa shape index (κ2) is 9.23. The number of hydrogen-bond donors (Lipinski definition) is 3. The van der Waals surface area contributed by atoms with Crippen LogP contribution in [-0.2, 0) is 14.8 Å². The summed E-state index contributed by atoms with van der Waals surface area (Å²) < 4.78 is 32.4. The zero-order valence-corrected chi connectivity index (χ0v) is 16.7. The van der Waals surface area contributed by atoms with Crippen molar-refractivity contribution in [3.63, 3.8) is 0 Å². The fourth-order valence-electron chi connectivity index (χ4n) is 2.14. The van der Waals surface area contributed by atoms with Crippen LogP contribution < -0.4 is 15.6 Å². The maximum absolute atomic E-state index is 12.6. The molecule has 0 atom stereocenters. The van der Waals surface area contributed by atoms with Crippen LogP contribution in [-0.4, -0.2) is 27.0 Å². The normalized spacial score (nSPS) is 11.0. The van der Waals surface area contributed by atoms with Crippen molar-refractivity contribution in [2.45, 2.75) is 25.7 Å². The number of ether oxygens (including phenoxy) is 1. The molecular formula is C19H23N3O5S. The molecule has 2 aromatic rings. The van der Waals surface area contributed by atoms with E-state index < -0.39 is 22.0 Å². The van der Waals surface area contributed by atoms with Crippen molar-refractivity contribution < 1.29 is 22.7 Å². The zero-order valence-electron chi connectivity index (χ0n) is 15.9. The van der Waals surface area contributed by atoms with Gasteiger partial charge in [0.1, 0.15) is 0 Å². The van der Waals surface area contributed by atoms with Gasteiger partial charge in [0, 0.05) is 0 Å². The average molecular weight is 405 g/mol. The van der Waals surface area contributed by atoms with Crippen molar-refractivity contribution in [2.75, 3.05) is 11.3 Å². The molecule has 0 heterocycles. The fourth-order valence-corrected chi connectivity index (χ4v) is 3.22. The Labute approximate surface area is 164 Å². The minimum Gasteiger partial charge on any atom is -0.448 e. The van der Waals surface area contributed by atoms with Crippen LogP contribution in [0.4, 0.5) is 10.5 Å². The number of amides is 2. The van der Waals surface area contributed by atoms with Gasteiger partial charge in [0.25, 0.3) is 15.9 Å².